The molecular weight excluding hydrogens is 336 g/mol. The molecule has 9 nitrogen and oxygen atoms in total. The minimum atomic E-state index is -0.436. The van der Waals surface area contributed by atoms with Crippen LogP contribution in [0.2, 0.25) is 0 Å². The van der Waals surface area contributed by atoms with Crippen molar-refractivity contribution in [1.82, 2.24) is 14.5 Å². The molecule has 26 heavy (non-hydrogen) atoms. The molecule has 0 spiro atoms. The monoisotopic (exact) mass is 354 g/mol. The molecule has 0 fully saturated rings. The van der Waals surface area contributed by atoms with Gasteiger partial charge in [0.2, 0.25) is 5.88 Å². The third-order valence-corrected chi connectivity index (χ3v) is 3.77. The third-order valence-electron chi connectivity index (χ3n) is 3.77. The van der Waals surface area contributed by atoms with Crippen LogP contribution in [0.5, 0.6) is 5.88 Å². The number of hydrogen-bond acceptors (Lipinski definition) is 7. The summed E-state index contributed by atoms with van der Waals surface area (Å²) in [7, 11) is 3.15. The van der Waals surface area contributed by atoms with Gasteiger partial charge >= 0.3 is 5.69 Å². The van der Waals surface area contributed by atoms with Crippen LogP contribution in [0.3, 0.4) is 0 Å². The summed E-state index contributed by atoms with van der Waals surface area (Å²) in [5, 5.41) is 17.2. The molecule has 0 unspecified atom stereocenters. The lowest BCUT2D eigenvalue weighted by Crippen LogP contribution is -2.04. The highest BCUT2D eigenvalue weighted by Crippen LogP contribution is 2.34. The van der Waals surface area contributed by atoms with Crippen LogP contribution in [-0.2, 0) is 0 Å². The Morgan fingerprint density at radius 1 is 1.23 bits per heavy atom. The maximum atomic E-state index is 11.4. The molecule has 134 valence electrons. The number of aryl methyl sites for hydroxylation is 1. The molecule has 2 heterocycles. The average molecular weight is 354 g/mol. The zero-order valence-electron chi connectivity index (χ0n) is 14.6. The molecule has 0 saturated carbocycles. The maximum absolute atomic E-state index is 11.4. The Kier molecular flexibility index (Phi) is 4.70. The van der Waals surface area contributed by atoms with Gasteiger partial charge in [0, 0.05) is 13.2 Å². The number of hydrogen-bond donors (Lipinski definition) is 2. The smallest absolute Gasteiger partial charge is 0.315 e. The fraction of sp³-hybridized carbons (Fsp3) is 0.176. The quantitative estimate of drug-likeness (QED) is 0.516. The number of nitrogens with one attached hydrogen (secondary N) is 2. The second-order valence-corrected chi connectivity index (χ2v) is 5.48. The predicted molar refractivity (Wildman–Crippen MR) is 98.6 cm³/mol. The summed E-state index contributed by atoms with van der Waals surface area (Å²) in [6, 6.07) is 8.52. The highest BCUT2D eigenvalue weighted by Gasteiger charge is 2.19. The van der Waals surface area contributed by atoms with Gasteiger partial charge in [-0.2, -0.15) is 4.98 Å². The van der Waals surface area contributed by atoms with Crippen LogP contribution in [0.4, 0.5) is 22.9 Å². The van der Waals surface area contributed by atoms with Gasteiger partial charge in [0.1, 0.15) is 22.9 Å². The summed E-state index contributed by atoms with van der Waals surface area (Å²) in [4.78, 5) is 19.6. The fourth-order valence-electron chi connectivity index (χ4n) is 2.58. The average Bonchev–Trinajstić information content (AvgIpc) is 3.07. The van der Waals surface area contributed by atoms with Gasteiger partial charge in [-0.15, -0.1) is 0 Å². The van der Waals surface area contributed by atoms with Crippen LogP contribution in [0.1, 0.15) is 5.69 Å². The Morgan fingerprint density at radius 2 is 2.00 bits per heavy atom. The van der Waals surface area contributed by atoms with Crippen molar-refractivity contribution in [2.75, 3.05) is 24.8 Å². The second kappa shape index (κ2) is 7.09. The first kappa shape index (κ1) is 17.2. The van der Waals surface area contributed by atoms with Gasteiger partial charge in [0.25, 0.3) is 0 Å². The van der Waals surface area contributed by atoms with E-state index in [-0.39, 0.29) is 5.69 Å². The molecular formula is C17H18N6O3. The summed E-state index contributed by atoms with van der Waals surface area (Å²) in [6.07, 6.45) is 3.52. The van der Waals surface area contributed by atoms with Crippen LogP contribution in [0, 0.1) is 17.0 Å². The molecule has 2 N–H and O–H groups in total. The minimum Gasteiger partial charge on any atom is -0.479 e. The summed E-state index contributed by atoms with van der Waals surface area (Å²) >= 11 is 0. The van der Waals surface area contributed by atoms with E-state index in [2.05, 4.69) is 20.6 Å². The largest absolute Gasteiger partial charge is 0.479 e. The number of methoxy groups -OCH3 is 1. The van der Waals surface area contributed by atoms with Crippen LogP contribution < -0.4 is 15.4 Å². The SMILES string of the molecule is CNc1cccc(Nc2ccc(-n3cnc(C)c3)c(OC)n2)c1[N+](=O)[O-]. The highest BCUT2D eigenvalue weighted by molar-refractivity contribution is 5.79. The van der Waals surface area contributed by atoms with Gasteiger partial charge in [-0.05, 0) is 31.2 Å². The predicted octanol–water partition coefficient (Wildman–Crippen LogP) is 3.28. The summed E-state index contributed by atoms with van der Waals surface area (Å²) in [5.41, 5.74) is 2.29. The molecule has 9 heteroatoms. The van der Waals surface area contributed by atoms with E-state index in [0.717, 1.165) is 11.4 Å². The highest BCUT2D eigenvalue weighted by atomic mass is 16.6. The number of benzene rings is 1. The molecule has 0 saturated heterocycles. The van der Waals surface area contributed by atoms with Crippen LogP contribution in [0.25, 0.3) is 5.69 Å². The molecule has 0 aliphatic heterocycles. The number of anilines is 3. The lowest BCUT2D eigenvalue weighted by Gasteiger charge is -2.12. The van der Waals surface area contributed by atoms with Crippen molar-refractivity contribution in [3.63, 3.8) is 0 Å². The van der Waals surface area contributed by atoms with E-state index in [1.54, 1.807) is 42.2 Å². The molecule has 0 atom stereocenters. The van der Waals surface area contributed by atoms with Gasteiger partial charge in [0.05, 0.1) is 24.1 Å². The zero-order valence-corrected chi connectivity index (χ0v) is 14.6. The van der Waals surface area contributed by atoms with Gasteiger partial charge in [-0.3, -0.25) is 10.1 Å². The molecule has 3 aromatic rings. The number of para-hydroxylation sites is 1. The van der Waals surface area contributed by atoms with E-state index < -0.39 is 4.92 Å². The Balaban J connectivity index is 1.98. The standard InChI is InChI=1S/C17H18N6O3/c1-11-9-22(10-19-11)14-7-8-15(21-17(14)26-3)20-13-6-4-5-12(18-2)16(13)23(24)25/h4-10,18H,1-3H3,(H,20,21). The molecule has 0 radical (unpaired) electrons. The molecule has 3 rings (SSSR count). The number of rotatable bonds is 6. The van der Waals surface area contributed by atoms with E-state index in [1.807, 2.05) is 19.2 Å². The number of ether oxygens (including phenoxy) is 1. The van der Waals surface area contributed by atoms with Crippen molar-refractivity contribution in [2.45, 2.75) is 6.92 Å². The Hall–Kier alpha value is -3.62. The first-order valence-corrected chi connectivity index (χ1v) is 7.81. The summed E-state index contributed by atoms with van der Waals surface area (Å²) in [5.74, 6) is 0.804. The topological polar surface area (TPSA) is 107 Å². The van der Waals surface area contributed by atoms with E-state index in [1.165, 1.54) is 7.11 Å². The lowest BCUT2D eigenvalue weighted by atomic mass is 10.2. The first-order chi connectivity index (χ1) is 12.5. The van der Waals surface area contributed by atoms with Crippen LogP contribution in [0.15, 0.2) is 42.9 Å². The summed E-state index contributed by atoms with van der Waals surface area (Å²) in [6.45, 7) is 1.89. The third kappa shape index (κ3) is 3.27. The fourth-order valence-corrected chi connectivity index (χ4v) is 2.58. The Morgan fingerprint density at radius 3 is 2.62 bits per heavy atom. The van der Waals surface area contributed by atoms with Crippen LogP contribution >= 0.6 is 0 Å². The lowest BCUT2D eigenvalue weighted by molar-refractivity contribution is -0.383. The molecule has 2 aromatic heterocycles. The van der Waals surface area contributed by atoms with E-state index in [9.17, 15) is 10.1 Å². The maximum Gasteiger partial charge on any atom is 0.315 e. The molecule has 0 aliphatic rings. The number of aromatic nitrogens is 3. The van der Waals surface area contributed by atoms with Gasteiger partial charge in [-0.1, -0.05) is 6.07 Å². The van der Waals surface area contributed by atoms with Crippen molar-refractivity contribution in [2.24, 2.45) is 0 Å². The molecule has 0 bridgehead atoms. The van der Waals surface area contributed by atoms with E-state index in [0.29, 0.717) is 23.1 Å². The molecule has 1 aromatic carbocycles. The van der Waals surface area contributed by atoms with Crippen LogP contribution in [-0.4, -0.2) is 33.6 Å². The van der Waals surface area contributed by atoms with Crippen molar-refractivity contribution in [1.29, 1.82) is 0 Å². The van der Waals surface area contributed by atoms with Crippen molar-refractivity contribution in [3.05, 3.63) is 58.7 Å². The van der Waals surface area contributed by atoms with Crippen molar-refractivity contribution < 1.29 is 9.66 Å². The normalized spacial score (nSPS) is 10.4. The zero-order chi connectivity index (χ0) is 18.7. The number of nitro benzene ring substituents is 1. The Bertz CT molecular complexity index is 953. The van der Waals surface area contributed by atoms with Gasteiger partial charge < -0.3 is 19.9 Å². The number of nitrogens with zero attached hydrogens (tertiary/aromatic N) is 4. The van der Waals surface area contributed by atoms with E-state index in [4.69, 9.17) is 4.74 Å². The minimum absolute atomic E-state index is 0.0509. The number of imidazole rings is 1. The molecule has 0 aliphatic carbocycles. The van der Waals surface area contributed by atoms with Gasteiger partial charge in [0.15, 0.2) is 0 Å². The summed E-state index contributed by atoms with van der Waals surface area (Å²) < 4.78 is 7.16. The second-order valence-electron chi connectivity index (χ2n) is 5.48. The van der Waals surface area contributed by atoms with Gasteiger partial charge in [-0.25, -0.2) is 4.98 Å². The first-order valence-electron chi connectivity index (χ1n) is 7.81. The van der Waals surface area contributed by atoms with E-state index >= 15 is 0 Å². The van der Waals surface area contributed by atoms with Crippen molar-refractivity contribution in [3.8, 4) is 11.6 Å². The number of nitro groups is 1. The van der Waals surface area contributed by atoms with Crippen molar-refractivity contribution >= 4 is 22.9 Å². The number of pyridine rings is 1. The Labute approximate surface area is 149 Å². The molecule has 0 amide bonds.